The van der Waals surface area contributed by atoms with Gasteiger partial charge in [-0.05, 0) is 63.4 Å². The molecule has 0 radical (unpaired) electrons. The van der Waals surface area contributed by atoms with Crippen molar-refractivity contribution in [3.05, 3.63) is 29.7 Å². The molecule has 2 fully saturated rings. The number of aromatic nitrogens is 1. The van der Waals surface area contributed by atoms with Crippen LogP contribution in [0.2, 0.25) is 0 Å². The molecule has 4 nitrogen and oxygen atoms in total. The lowest BCUT2D eigenvalue weighted by molar-refractivity contribution is 0.209. The van der Waals surface area contributed by atoms with E-state index in [2.05, 4.69) is 15.4 Å². The highest BCUT2D eigenvalue weighted by Gasteiger charge is 2.25. The molecule has 0 bridgehead atoms. The smallest absolute Gasteiger partial charge is 0.170 e. The summed E-state index contributed by atoms with van der Waals surface area (Å²) in [6.07, 6.45) is 5.02. The summed E-state index contributed by atoms with van der Waals surface area (Å²) in [5, 5.41) is 8.74. The van der Waals surface area contributed by atoms with Crippen LogP contribution < -0.4 is 5.32 Å². The van der Waals surface area contributed by atoms with Crippen molar-refractivity contribution in [2.45, 2.75) is 31.6 Å². The zero-order chi connectivity index (χ0) is 15.6. The minimum Gasteiger partial charge on any atom is -0.356 e. The van der Waals surface area contributed by atoms with E-state index >= 15 is 0 Å². The number of halogens is 1. The first kappa shape index (κ1) is 15.1. The van der Waals surface area contributed by atoms with E-state index in [-0.39, 0.29) is 5.82 Å². The lowest BCUT2D eigenvalue weighted by atomic mass is 9.91. The molecule has 2 aliphatic rings. The maximum Gasteiger partial charge on any atom is 0.170 e. The first-order chi connectivity index (χ1) is 11.3. The van der Waals surface area contributed by atoms with Crippen molar-refractivity contribution in [2.24, 2.45) is 5.92 Å². The Bertz CT molecular complexity index is 659. The molecule has 1 aromatic carbocycles. The van der Waals surface area contributed by atoms with Gasteiger partial charge in [0.2, 0.25) is 0 Å². The third-order valence-corrected chi connectivity index (χ3v) is 5.17. The summed E-state index contributed by atoms with van der Waals surface area (Å²) >= 11 is 0. The fourth-order valence-electron chi connectivity index (χ4n) is 3.52. The molecule has 0 atom stereocenters. The predicted molar refractivity (Wildman–Crippen MR) is 88.0 cm³/mol. The Morgan fingerprint density at radius 1 is 1.22 bits per heavy atom. The number of benzene rings is 1. The van der Waals surface area contributed by atoms with Gasteiger partial charge in [0.1, 0.15) is 5.82 Å². The molecule has 5 heteroatoms. The van der Waals surface area contributed by atoms with E-state index in [9.17, 15) is 4.39 Å². The number of likely N-dealkylation sites (tertiary alicyclic amines) is 1. The Kier molecular flexibility index (Phi) is 4.31. The standard InChI is InChI=1S/C18H24FN3O/c19-15-3-4-16-17(11-15)23-21-18(16)14-5-8-22(9-6-14)10-7-20-12-13-1-2-13/h3-4,11,13-14,20H,1-2,5-10,12H2. The van der Waals surface area contributed by atoms with Crippen LogP contribution in [0.25, 0.3) is 11.0 Å². The van der Waals surface area contributed by atoms with Gasteiger partial charge in [-0.2, -0.15) is 0 Å². The highest BCUT2D eigenvalue weighted by molar-refractivity contribution is 5.79. The molecule has 0 spiro atoms. The normalized spacial score (nSPS) is 20.4. The summed E-state index contributed by atoms with van der Waals surface area (Å²) in [5.41, 5.74) is 1.57. The molecule has 23 heavy (non-hydrogen) atoms. The maximum absolute atomic E-state index is 13.2. The van der Waals surface area contributed by atoms with Crippen LogP contribution in [0.1, 0.15) is 37.3 Å². The second-order valence-corrected chi connectivity index (χ2v) is 6.97. The molecule has 1 N–H and O–H groups in total. The van der Waals surface area contributed by atoms with E-state index in [0.29, 0.717) is 11.5 Å². The maximum atomic E-state index is 13.2. The summed E-state index contributed by atoms with van der Waals surface area (Å²) in [5.74, 6) is 1.11. The molecular weight excluding hydrogens is 293 g/mol. The molecule has 1 aliphatic carbocycles. The van der Waals surface area contributed by atoms with Gasteiger partial charge in [0, 0.05) is 30.5 Å². The summed E-state index contributed by atoms with van der Waals surface area (Å²) in [6.45, 7) is 5.62. The number of hydrogen-bond donors (Lipinski definition) is 1. The van der Waals surface area contributed by atoms with Crippen molar-refractivity contribution >= 4 is 11.0 Å². The van der Waals surface area contributed by atoms with Crippen molar-refractivity contribution in [1.29, 1.82) is 0 Å². The highest BCUT2D eigenvalue weighted by Crippen LogP contribution is 2.32. The number of rotatable bonds is 6. The van der Waals surface area contributed by atoms with E-state index < -0.39 is 0 Å². The van der Waals surface area contributed by atoms with Crippen LogP contribution in [-0.2, 0) is 0 Å². The first-order valence-corrected chi connectivity index (χ1v) is 8.77. The average Bonchev–Trinajstić information content (AvgIpc) is 3.30. The topological polar surface area (TPSA) is 41.3 Å². The van der Waals surface area contributed by atoms with Gasteiger partial charge >= 0.3 is 0 Å². The average molecular weight is 317 g/mol. The minimum atomic E-state index is -0.270. The number of hydrogen-bond acceptors (Lipinski definition) is 4. The number of nitrogens with zero attached hydrogens (tertiary/aromatic N) is 2. The van der Waals surface area contributed by atoms with Crippen molar-refractivity contribution in [3.63, 3.8) is 0 Å². The molecule has 2 aromatic rings. The fraction of sp³-hybridized carbons (Fsp3) is 0.611. The Balaban J connectivity index is 1.29. The molecule has 1 aliphatic heterocycles. The highest BCUT2D eigenvalue weighted by atomic mass is 19.1. The monoisotopic (exact) mass is 317 g/mol. The van der Waals surface area contributed by atoms with Crippen molar-refractivity contribution in [2.75, 3.05) is 32.7 Å². The van der Waals surface area contributed by atoms with Crippen molar-refractivity contribution in [1.82, 2.24) is 15.4 Å². The second kappa shape index (κ2) is 6.57. The second-order valence-electron chi connectivity index (χ2n) is 6.97. The van der Waals surface area contributed by atoms with Gasteiger partial charge in [0.15, 0.2) is 5.58 Å². The summed E-state index contributed by atoms with van der Waals surface area (Å²) in [7, 11) is 0. The minimum absolute atomic E-state index is 0.270. The van der Waals surface area contributed by atoms with Crippen LogP contribution in [0.3, 0.4) is 0 Å². The Hall–Kier alpha value is -1.46. The van der Waals surface area contributed by atoms with Gasteiger partial charge < -0.3 is 14.7 Å². The molecule has 4 rings (SSSR count). The molecule has 1 saturated heterocycles. The summed E-state index contributed by atoms with van der Waals surface area (Å²) in [6, 6.07) is 4.71. The van der Waals surface area contributed by atoms with Crippen LogP contribution in [0, 0.1) is 11.7 Å². The van der Waals surface area contributed by atoms with Gasteiger partial charge in [0.05, 0.1) is 5.69 Å². The third kappa shape index (κ3) is 3.56. The van der Waals surface area contributed by atoms with E-state index in [0.717, 1.165) is 56.0 Å². The first-order valence-electron chi connectivity index (χ1n) is 8.77. The predicted octanol–water partition coefficient (Wildman–Crippen LogP) is 3.15. The van der Waals surface area contributed by atoms with Gasteiger partial charge in [-0.25, -0.2) is 4.39 Å². The number of piperidine rings is 1. The third-order valence-electron chi connectivity index (χ3n) is 5.17. The molecule has 1 saturated carbocycles. The number of fused-ring (bicyclic) bond motifs is 1. The van der Waals surface area contributed by atoms with Gasteiger partial charge in [-0.1, -0.05) is 5.16 Å². The van der Waals surface area contributed by atoms with Crippen LogP contribution in [0.5, 0.6) is 0 Å². The largest absolute Gasteiger partial charge is 0.356 e. The Morgan fingerprint density at radius 3 is 2.83 bits per heavy atom. The zero-order valence-electron chi connectivity index (χ0n) is 13.4. The summed E-state index contributed by atoms with van der Waals surface area (Å²) in [4.78, 5) is 2.53. The molecule has 0 unspecified atom stereocenters. The lowest BCUT2D eigenvalue weighted by Gasteiger charge is -2.31. The van der Waals surface area contributed by atoms with Gasteiger partial charge in [-0.3, -0.25) is 0 Å². The zero-order valence-corrected chi connectivity index (χ0v) is 13.4. The Labute approximate surface area is 136 Å². The van der Waals surface area contributed by atoms with Crippen molar-refractivity contribution in [3.8, 4) is 0 Å². The van der Waals surface area contributed by atoms with Crippen LogP contribution >= 0.6 is 0 Å². The van der Waals surface area contributed by atoms with E-state index in [4.69, 9.17) is 4.52 Å². The fourth-order valence-corrected chi connectivity index (χ4v) is 3.52. The van der Waals surface area contributed by atoms with Crippen LogP contribution in [0.15, 0.2) is 22.7 Å². The summed E-state index contributed by atoms with van der Waals surface area (Å²) < 4.78 is 18.5. The SMILES string of the molecule is Fc1ccc2c(C3CCN(CCNCC4CC4)CC3)noc2c1. The van der Waals surface area contributed by atoms with Crippen LogP contribution in [-0.4, -0.2) is 42.8 Å². The quantitative estimate of drug-likeness (QED) is 0.831. The van der Waals surface area contributed by atoms with Crippen LogP contribution in [0.4, 0.5) is 4.39 Å². The Morgan fingerprint density at radius 2 is 2.04 bits per heavy atom. The van der Waals surface area contributed by atoms with E-state index in [1.165, 1.54) is 31.5 Å². The lowest BCUT2D eigenvalue weighted by Crippen LogP contribution is -2.38. The molecular formula is C18H24FN3O. The molecule has 124 valence electrons. The van der Waals surface area contributed by atoms with Crippen molar-refractivity contribution < 1.29 is 8.91 Å². The molecule has 1 aromatic heterocycles. The molecule has 2 heterocycles. The van der Waals surface area contributed by atoms with Gasteiger partial charge in [-0.15, -0.1) is 0 Å². The van der Waals surface area contributed by atoms with E-state index in [1.807, 2.05) is 0 Å². The molecule has 0 amide bonds. The van der Waals surface area contributed by atoms with E-state index in [1.54, 1.807) is 6.07 Å². The van der Waals surface area contributed by atoms with Gasteiger partial charge in [0.25, 0.3) is 0 Å². The number of nitrogens with one attached hydrogen (secondary N) is 1.